The van der Waals surface area contributed by atoms with Crippen LogP contribution >= 0.6 is 0 Å². The molecule has 1 aromatic carbocycles. The van der Waals surface area contributed by atoms with Crippen LogP contribution < -0.4 is 14.8 Å². The predicted molar refractivity (Wildman–Crippen MR) is 80.9 cm³/mol. The second kappa shape index (κ2) is 8.29. The Balaban J connectivity index is 2.65. The van der Waals surface area contributed by atoms with E-state index in [4.69, 9.17) is 9.47 Å². The Morgan fingerprint density at radius 2 is 1.95 bits per heavy atom. The van der Waals surface area contributed by atoms with Crippen LogP contribution in [0.1, 0.15) is 38.1 Å². The van der Waals surface area contributed by atoms with E-state index in [1.807, 2.05) is 27.7 Å². The molecule has 1 rings (SSSR count). The number of aldehydes is 1. The van der Waals surface area contributed by atoms with Crippen molar-refractivity contribution in [2.45, 2.75) is 33.7 Å². The molecule has 116 valence electrons. The summed E-state index contributed by atoms with van der Waals surface area (Å²) >= 11 is 0. The zero-order valence-electron chi connectivity index (χ0n) is 13.0. The third kappa shape index (κ3) is 5.45. The smallest absolute Gasteiger partial charge is 0.258 e. The number of carbonyl (C=O) groups excluding carboxylic acids is 2. The van der Waals surface area contributed by atoms with Gasteiger partial charge in [0, 0.05) is 11.6 Å². The fraction of sp³-hybridized carbons (Fsp3) is 0.500. The van der Waals surface area contributed by atoms with Crippen molar-refractivity contribution in [1.29, 1.82) is 0 Å². The van der Waals surface area contributed by atoms with E-state index in [9.17, 15) is 9.59 Å². The van der Waals surface area contributed by atoms with Gasteiger partial charge in [0.15, 0.2) is 18.1 Å². The van der Waals surface area contributed by atoms with Crippen LogP contribution in [0, 0.1) is 5.92 Å². The molecule has 0 fully saturated rings. The van der Waals surface area contributed by atoms with E-state index >= 15 is 0 Å². The van der Waals surface area contributed by atoms with Crippen molar-refractivity contribution in [3.8, 4) is 11.5 Å². The van der Waals surface area contributed by atoms with Crippen LogP contribution in [0.4, 0.5) is 0 Å². The van der Waals surface area contributed by atoms with Crippen LogP contribution in [0.15, 0.2) is 18.2 Å². The number of rotatable bonds is 8. The lowest BCUT2D eigenvalue weighted by molar-refractivity contribution is -0.124. The molecular weight excluding hydrogens is 270 g/mol. The summed E-state index contributed by atoms with van der Waals surface area (Å²) in [6.07, 6.45) is 0.739. The molecule has 5 nitrogen and oxygen atoms in total. The molecule has 0 aliphatic carbocycles. The quantitative estimate of drug-likeness (QED) is 0.748. The van der Waals surface area contributed by atoms with Gasteiger partial charge in [-0.3, -0.25) is 9.59 Å². The van der Waals surface area contributed by atoms with E-state index in [2.05, 4.69) is 5.32 Å². The van der Waals surface area contributed by atoms with Gasteiger partial charge in [0.05, 0.1) is 6.61 Å². The number of hydrogen-bond acceptors (Lipinski definition) is 4. The van der Waals surface area contributed by atoms with Crippen LogP contribution in [-0.2, 0) is 4.79 Å². The van der Waals surface area contributed by atoms with Crippen molar-refractivity contribution in [3.63, 3.8) is 0 Å². The van der Waals surface area contributed by atoms with Crippen LogP contribution in [0.5, 0.6) is 11.5 Å². The maximum absolute atomic E-state index is 11.8. The lowest BCUT2D eigenvalue weighted by atomic mass is 10.1. The first kappa shape index (κ1) is 17.0. The number of hydrogen-bond donors (Lipinski definition) is 1. The summed E-state index contributed by atoms with van der Waals surface area (Å²) in [5, 5.41) is 2.86. The van der Waals surface area contributed by atoms with Crippen molar-refractivity contribution in [2.75, 3.05) is 13.2 Å². The molecule has 0 bridgehead atoms. The highest BCUT2D eigenvalue weighted by Crippen LogP contribution is 2.27. The summed E-state index contributed by atoms with van der Waals surface area (Å²) in [6, 6.07) is 4.94. The maximum Gasteiger partial charge on any atom is 0.258 e. The molecule has 0 aliphatic heterocycles. The van der Waals surface area contributed by atoms with Gasteiger partial charge in [0.1, 0.15) is 6.29 Å². The van der Waals surface area contributed by atoms with Crippen molar-refractivity contribution < 1.29 is 19.1 Å². The first-order valence-electron chi connectivity index (χ1n) is 7.12. The molecular formula is C16H23NO4. The summed E-state index contributed by atoms with van der Waals surface area (Å²) in [4.78, 5) is 22.6. The second-order valence-electron chi connectivity index (χ2n) is 5.15. The molecule has 1 atom stereocenters. The van der Waals surface area contributed by atoms with Gasteiger partial charge in [-0.05, 0) is 38.0 Å². The van der Waals surface area contributed by atoms with Crippen molar-refractivity contribution >= 4 is 12.2 Å². The van der Waals surface area contributed by atoms with Gasteiger partial charge in [-0.2, -0.15) is 0 Å². The molecule has 0 aromatic heterocycles. The molecule has 0 aliphatic rings. The number of amides is 1. The summed E-state index contributed by atoms with van der Waals surface area (Å²) in [5.41, 5.74) is 0.503. The average molecular weight is 293 g/mol. The topological polar surface area (TPSA) is 64.6 Å². The minimum atomic E-state index is -0.182. The first-order valence-corrected chi connectivity index (χ1v) is 7.12. The van der Waals surface area contributed by atoms with Gasteiger partial charge in [0.2, 0.25) is 0 Å². The highest BCUT2D eigenvalue weighted by Gasteiger charge is 2.13. The average Bonchev–Trinajstić information content (AvgIpc) is 2.46. The van der Waals surface area contributed by atoms with E-state index in [1.54, 1.807) is 18.2 Å². The van der Waals surface area contributed by atoms with E-state index in [0.717, 1.165) is 6.29 Å². The molecule has 0 radical (unpaired) electrons. The van der Waals surface area contributed by atoms with Gasteiger partial charge in [-0.15, -0.1) is 0 Å². The van der Waals surface area contributed by atoms with Gasteiger partial charge in [-0.25, -0.2) is 0 Å². The van der Waals surface area contributed by atoms with E-state index in [1.165, 1.54) is 0 Å². The predicted octanol–water partition coefficient (Wildman–Crippen LogP) is 2.44. The van der Waals surface area contributed by atoms with E-state index < -0.39 is 0 Å². The summed E-state index contributed by atoms with van der Waals surface area (Å²) in [7, 11) is 0. The van der Waals surface area contributed by atoms with Gasteiger partial charge < -0.3 is 14.8 Å². The lowest BCUT2D eigenvalue weighted by Gasteiger charge is -2.18. The largest absolute Gasteiger partial charge is 0.490 e. The maximum atomic E-state index is 11.8. The van der Waals surface area contributed by atoms with Crippen LogP contribution in [0.2, 0.25) is 0 Å². The van der Waals surface area contributed by atoms with Crippen LogP contribution in [0.3, 0.4) is 0 Å². The molecule has 0 saturated carbocycles. The summed E-state index contributed by atoms with van der Waals surface area (Å²) in [6.45, 7) is 8.24. The Morgan fingerprint density at radius 3 is 2.52 bits per heavy atom. The highest BCUT2D eigenvalue weighted by molar-refractivity contribution is 5.78. The SMILES string of the molecule is CCOc1cc(C=O)ccc1OCC(=O)NC(C)C(C)C. The molecule has 0 heterocycles. The Labute approximate surface area is 125 Å². The van der Waals surface area contributed by atoms with Gasteiger partial charge in [0.25, 0.3) is 5.91 Å². The minimum Gasteiger partial charge on any atom is -0.490 e. The zero-order valence-corrected chi connectivity index (χ0v) is 13.0. The summed E-state index contributed by atoms with van der Waals surface area (Å²) < 4.78 is 10.9. The molecule has 21 heavy (non-hydrogen) atoms. The standard InChI is InChI=1S/C16H23NO4/c1-5-20-15-8-13(9-18)6-7-14(15)21-10-16(19)17-12(4)11(2)3/h6-9,11-12H,5,10H2,1-4H3,(H,17,19). The molecule has 1 unspecified atom stereocenters. The molecule has 0 spiro atoms. The van der Waals surface area contributed by atoms with Crippen LogP contribution in [0.25, 0.3) is 0 Å². The van der Waals surface area contributed by atoms with E-state index in [-0.39, 0.29) is 18.6 Å². The molecule has 1 aromatic rings. The Morgan fingerprint density at radius 1 is 1.24 bits per heavy atom. The third-order valence-electron chi connectivity index (χ3n) is 3.15. The molecule has 0 saturated heterocycles. The van der Waals surface area contributed by atoms with E-state index in [0.29, 0.717) is 29.6 Å². The Kier molecular flexibility index (Phi) is 6.72. The highest BCUT2D eigenvalue weighted by atomic mass is 16.5. The van der Waals surface area contributed by atoms with Crippen LogP contribution in [-0.4, -0.2) is 31.4 Å². The summed E-state index contributed by atoms with van der Waals surface area (Å²) in [5.74, 6) is 1.10. The van der Waals surface area contributed by atoms with Crippen molar-refractivity contribution in [3.05, 3.63) is 23.8 Å². The molecule has 5 heteroatoms. The number of benzene rings is 1. The fourth-order valence-electron chi connectivity index (χ4n) is 1.59. The monoisotopic (exact) mass is 293 g/mol. The normalized spacial score (nSPS) is 11.9. The Bertz CT molecular complexity index is 485. The number of ether oxygens (including phenoxy) is 2. The Hall–Kier alpha value is -2.04. The van der Waals surface area contributed by atoms with Gasteiger partial charge in [-0.1, -0.05) is 13.8 Å². The van der Waals surface area contributed by atoms with Crippen molar-refractivity contribution in [1.82, 2.24) is 5.32 Å². The molecule has 1 amide bonds. The number of nitrogens with one attached hydrogen (secondary N) is 1. The zero-order chi connectivity index (χ0) is 15.8. The lowest BCUT2D eigenvalue weighted by Crippen LogP contribution is -2.38. The fourth-order valence-corrected chi connectivity index (χ4v) is 1.59. The molecule has 1 N–H and O–H groups in total. The second-order valence-corrected chi connectivity index (χ2v) is 5.15. The van der Waals surface area contributed by atoms with Crippen molar-refractivity contribution in [2.24, 2.45) is 5.92 Å². The van der Waals surface area contributed by atoms with Gasteiger partial charge >= 0.3 is 0 Å². The minimum absolute atomic E-state index is 0.0857. The third-order valence-corrected chi connectivity index (χ3v) is 3.15. The first-order chi connectivity index (χ1) is 9.97. The number of carbonyl (C=O) groups is 2.